The SMILES string of the molecule is CO[C@@H]1O[C@@H](CSC(C)=O)[C@H](OS(C)(=O)=O)[C@H]1OS(C)(=O)=O. The van der Waals surface area contributed by atoms with Gasteiger partial charge in [-0.3, -0.25) is 13.2 Å². The molecule has 1 rings (SSSR count). The number of methoxy groups -OCH3 is 1. The van der Waals surface area contributed by atoms with Crippen molar-refractivity contribution in [2.24, 2.45) is 0 Å². The number of hydrogen-bond acceptors (Lipinski definition) is 10. The van der Waals surface area contributed by atoms with Crippen molar-refractivity contribution in [2.75, 3.05) is 25.4 Å². The molecule has 4 atom stereocenters. The first-order chi connectivity index (χ1) is 9.93. The molecule has 0 aromatic rings. The van der Waals surface area contributed by atoms with E-state index in [4.69, 9.17) is 17.8 Å². The molecule has 0 saturated carbocycles. The highest BCUT2D eigenvalue weighted by Crippen LogP contribution is 2.31. The maximum absolute atomic E-state index is 11.4. The van der Waals surface area contributed by atoms with Crippen molar-refractivity contribution < 1.29 is 39.5 Å². The molecule has 0 aliphatic carbocycles. The van der Waals surface area contributed by atoms with Crippen molar-refractivity contribution in [3.05, 3.63) is 0 Å². The van der Waals surface area contributed by atoms with E-state index in [1.807, 2.05) is 0 Å². The molecule has 0 radical (unpaired) electrons. The Balaban J connectivity index is 3.04. The summed E-state index contributed by atoms with van der Waals surface area (Å²) in [5.74, 6) is 0.0685. The number of ether oxygens (including phenoxy) is 2. The second kappa shape index (κ2) is 7.55. The molecule has 1 fully saturated rings. The third kappa shape index (κ3) is 6.48. The van der Waals surface area contributed by atoms with Gasteiger partial charge in [0.15, 0.2) is 17.5 Å². The van der Waals surface area contributed by atoms with Crippen LogP contribution in [0.1, 0.15) is 6.92 Å². The van der Waals surface area contributed by atoms with Crippen LogP contribution in [-0.4, -0.2) is 71.9 Å². The summed E-state index contributed by atoms with van der Waals surface area (Å²) in [6.07, 6.45) is -2.94. The summed E-state index contributed by atoms with van der Waals surface area (Å²) in [6.45, 7) is 1.34. The van der Waals surface area contributed by atoms with E-state index in [2.05, 4.69) is 0 Å². The molecule has 9 nitrogen and oxygen atoms in total. The van der Waals surface area contributed by atoms with Gasteiger partial charge in [-0.15, -0.1) is 0 Å². The molecular formula is C10H18O9S3. The minimum absolute atomic E-state index is 0.0685. The van der Waals surface area contributed by atoms with Gasteiger partial charge in [0.25, 0.3) is 20.2 Å². The number of carbonyl (C=O) groups excluding carboxylic acids is 1. The third-order valence-electron chi connectivity index (χ3n) is 2.52. The fourth-order valence-corrected chi connectivity index (χ4v) is 3.75. The topological polar surface area (TPSA) is 122 Å². The van der Waals surface area contributed by atoms with E-state index >= 15 is 0 Å². The van der Waals surface area contributed by atoms with Crippen molar-refractivity contribution in [1.82, 2.24) is 0 Å². The van der Waals surface area contributed by atoms with E-state index < -0.39 is 44.8 Å². The first kappa shape index (κ1) is 19.8. The Hall–Kier alpha value is -0.240. The average Bonchev–Trinajstić information content (AvgIpc) is 2.61. The summed E-state index contributed by atoms with van der Waals surface area (Å²) in [6, 6.07) is 0. The fraction of sp³-hybridized carbons (Fsp3) is 0.900. The Bertz CT molecular complexity index is 597. The Morgan fingerprint density at radius 1 is 1.09 bits per heavy atom. The Kier molecular flexibility index (Phi) is 6.80. The first-order valence-electron chi connectivity index (χ1n) is 6.01. The van der Waals surface area contributed by atoms with Crippen LogP contribution in [0.3, 0.4) is 0 Å². The highest BCUT2D eigenvalue weighted by Gasteiger charge is 2.50. The van der Waals surface area contributed by atoms with Gasteiger partial charge in [0.1, 0.15) is 12.2 Å². The molecule has 1 saturated heterocycles. The summed E-state index contributed by atoms with van der Waals surface area (Å²) in [7, 11) is -6.55. The molecule has 0 unspecified atom stereocenters. The highest BCUT2D eigenvalue weighted by atomic mass is 32.2. The molecule has 0 N–H and O–H groups in total. The van der Waals surface area contributed by atoms with Crippen molar-refractivity contribution in [3.8, 4) is 0 Å². The fourth-order valence-electron chi connectivity index (χ4n) is 1.84. The van der Waals surface area contributed by atoms with E-state index in [0.29, 0.717) is 0 Å². The lowest BCUT2D eigenvalue weighted by molar-refractivity contribution is -0.138. The van der Waals surface area contributed by atoms with Crippen molar-refractivity contribution in [3.63, 3.8) is 0 Å². The van der Waals surface area contributed by atoms with Gasteiger partial charge in [-0.25, -0.2) is 0 Å². The van der Waals surface area contributed by atoms with Crippen LogP contribution in [0.25, 0.3) is 0 Å². The van der Waals surface area contributed by atoms with E-state index in [0.717, 1.165) is 24.3 Å². The van der Waals surface area contributed by atoms with Gasteiger partial charge in [0.2, 0.25) is 0 Å². The van der Waals surface area contributed by atoms with E-state index in [1.54, 1.807) is 0 Å². The van der Waals surface area contributed by atoms with Crippen molar-refractivity contribution >= 4 is 37.1 Å². The average molecular weight is 378 g/mol. The minimum Gasteiger partial charge on any atom is -0.353 e. The molecule has 1 heterocycles. The van der Waals surface area contributed by atoms with Gasteiger partial charge in [-0.05, 0) is 0 Å². The summed E-state index contributed by atoms with van der Waals surface area (Å²) in [5, 5.41) is -0.205. The number of rotatable bonds is 7. The number of carbonyl (C=O) groups is 1. The van der Waals surface area contributed by atoms with E-state index in [-0.39, 0.29) is 10.9 Å². The molecule has 0 spiro atoms. The summed E-state index contributed by atoms with van der Waals surface area (Å²) in [4.78, 5) is 11.0. The molecule has 1 aliphatic heterocycles. The lowest BCUT2D eigenvalue weighted by Crippen LogP contribution is -2.41. The molecule has 0 aromatic heterocycles. The maximum atomic E-state index is 11.4. The van der Waals surface area contributed by atoms with E-state index in [1.165, 1.54) is 14.0 Å². The van der Waals surface area contributed by atoms with Crippen LogP contribution in [-0.2, 0) is 42.9 Å². The predicted octanol–water partition coefficient (Wildman–Crippen LogP) is -0.673. The van der Waals surface area contributed by atoms with Crippen LogP contribution >= 0.6 is 11.8 Å². The number of hydrogen-bond donors (Lipinski definition) is 0. The predicted molar refractivity (Wildman–Crippen MR) is 78.2 cm³/mol. The van der Waals surface area contributed by atoms with Gasteiger partial charge in [0, 0.05) is 19.8 Å². The molecule has 130 valence electrons. The van der Waals surface area contributed by atoms with Gasteiger partial charge >= 0.3 is 0 Å². The zero-order valence-corrected chi connectivity index (χ0v) is 14.9. The van der Waals surface area contributed by atoms with Crippen LogP contribution < -0.4 is 0 Å². The van der Waals surface area contributed by atoms with Gasteiger partial charge in [-0.2, -0.15) is 16.8 Å². The van der Waals surface area contributed by atoms with Crippen LogP contribution in [0, 0.1) is 0 Å². The van der Waals surface area contributed by atoms with Crippen LogP contribution in [0.2, 0.25) is 0 Å². The standard InChI is InChI=1S/C10H18O9S3/c1-6(11)20-5-7-8(18-21(3,12)13)9(10(16-2)17-7)19-22(4,14)15/h7-10H,5H2,1-4H3/t7-,8-,9+,10+/m0/s1. The molecule has 12 heteroatoms. The van der Waals surface area contributed by atoms with E-state index in [9.17, 15) is 21.6 Å². The van der Waals surface area contributed by atoms with Crippen LogP contribution in [0.5, 0.6) is 0 Å². The minimum atomic E-state index is -3.90. The van der Waals surface area contributed by atoms with Gasteiger partial charge < -0.3 is 9.47 Å². The van der Waals surface area contributed by atoms with Crippen LogP contribution in [0.4, 0.5) is 0 Å². The summed E-state index contributed by atoms with van der Waals surface area (Å²) in [5.41, 5.74) is 0. The maximum Gasteiger partial charge on any atom is 0.264 e. The largest absolute Gasteiger partial charge is 0.353 e. The quantitative estimate of drug-likeness (QED) is 0.527. The molecule has 22 heavy (non-hydrogen) atoms. The normalized spacial score (nSPS) is 29.6. The number of thioether (sulfide) groups is 1. The second-order valence-corrected chi connectivity index (χ2v) is 9.01. The van der Waals surface area contributed by atoms with Crippen LogP contribution in [0.15, 0.2) is 0 Å². The van der Waals surface area contributed by atoms with Gasteiger partial charge in [0.05, 0.1) is 12.5 Å². The zero-order valence-electron chi connectivity index (χ0n) is 12.4. The van der Waals surface area contributed by atoms with Gasteiger partial charge in [-0.1, -0.05) is 11.8 Å². The molecular weight excluding hydrogens is 360 g/mol. The molecule has 0 aromatic carbocycles. The monoisotopic (exact) mass is 378 g/mol. The lowest BCUT2D eigenvalue weighted by atomic mass is 10.2. The van der Waals surface area contributed by atoms with Crippen molar-refractivity contribution in [1.29, 1.82) is 0 Å². The molecule has 1 aliphatic rings. The Labute approximate surface area is 133 Å². The molecule has 0 bridgehead atoms. The first-order valence-corrected chi connectivity index (χ1v) is 10.6. The zero-order chi connectivity index (χ0) is 17.1. The third-order valence-corrected chi connectivity index (χ3v) is 4.57. The Morgan fingerprint density at radius 3 is 2.00 bits per heavy atom. The summed E-state index contributed by atoms with van der Waals surface area (Å²) < 4.78 is 65.5. The molecule has 0 amide bonds. The second-order valence-electron chi connectivity index (χ2n) is 4.61. The Morgan fingerprint density at radius 2 is 1.59 bits per heavy atom. The lowest BCUT2D eigenvalue weighted by Gasteiger charge is -2.21. The van der Waals surface area contributed by atoms with Crippen molar-refractivity contribution in [2.45, 2.75) is 31.5 Å². The summed E-state index contributed by atoms with van der Waals surface area (Å²) >= 11 is 0.892. The highest BCUT2D eigenvalue weighted by molar-refractivity contribution is 8.13. The smallest absolute Gasteiger partial charge is 0.264 e.